The van der Waals surface area contributed by atoms with Crippen molar-refractivity contribution in [2.45, 2.75) is 18.9 Å². The fraction of sp³-hybridized carbons (Fsp3) is 0.294. The molecular weight excluding hydrogens is 408 g/mol. The van der Waals surface area contributed by atoms with Gasteiger partial charge < -0.3 is 9.64 Å². The summed E-state index contributed by atoms with van der Waals surface area (Å²) in [6.07, 6.45) is 1.81. The van der Waals surface area contributed by atoms with E-state index >= 15 is 0 Å². The van der Waals surface area contributed by atoms with E-state index in [1.54, 1.807) is 11.3 Å². The first-order valence-corrected chi connectivity index (χ1v) is 10.2. The first kappa shape index (κ1) is 16.1. The molecule has 0 spiro atoms. The number of likely N-dealkylation sites (tertiary alicyclic amines) is 1. The Hall–Kier alpha value is -1.44. The number of hydrogen-bond donors (Lipinski definition) is 0. The number of carbonyl (C=O) groups is 1. The third kappa shape index (κ3) is 3.34. The van der Waals surface area contributed by atoms with Gasteiger partial charge in [-0.05, 0) is 40.2 Å². The van der Waals surface area contributed by atoms with E-state index < -0.39 is 0 Å². The van der Waals surface area contributed by atoms with E-state index in [2.05, 4.69) is 27.0 Å². The summed E-state index contributed by atoms with van der Waals surface area (Å²) < 4.78 is 8.17. The van der Waals surface area contributed by atoms with Gasteiger partial charge in [0, 0.05) is 25.9 Å². The van der Waals surface area contributed by atoms with E-state index in [0.29, 0.717) is 0 Å². The van der Waals surface area contributed by atoms with Crippen molar-refractivity contribution in [2.24, 2.45) is 0 Å². The molecule has 3 aromatic rings. The van der Waals surface area contributed by atoms with E-state index in [4.69, 9.17) is 4.74 Å². The quantitative estimate of drug-likeness (QED) is 0.608. The summed E-state index contributed by atoms with van der Waals surface area (Å²) in [6, 6.07) is 11.8. The Morgan fingerprint density at radius 3 is 2.67 bits per heavy atom. The summed E-state index contributed by atoms with van der Waals surface area (Å²) >= 11 is 6.47. The first-order valence-electron chi connectivity index (χ1n) is 7.76. The summed E-state index contributed by atoms with van der Waals surface area (Å²) in [5.74, 6) is 0.115. The normalized spacial score (nSPS) is 15.8. The molecule has 3 heterocycles. The molecule has 4 nitrogen and oxygen atoms in total. The van der Waals surface area contributed by atoms with E-state index in [0.717, 1.165) is 50.0 Å². The Balaban J connectivity index is 1.36. The molecule has 7 heteroatoms. The molecule has 1 aliphatic rings. The van der Waals surface area contributed by atoms with Crippen LogP contribution in [0.5, 0.6) is 5.19 Å². The largest absolute Gasteiger partial charge is 0.467 e. The van der Waals surface area contributed by atoms with Crippen molar-refractivity contribution < 1.29 is 9.53 Å². The van der Waals surface area contributed by atoms with Crippen molar-refractivity contribution in [1.29, 1.82) is 0 Å². The number of benzene rings is 1. The van der Waals surface area contributed by atoms with Gasteiger partial charge in [-0.1, -0.05) is 23.5 Å². The smallest absolute Gasteiger partial charge is 0.274 e. The Kier molecular flexibility index (Phi) is 4.56. The van der Waals surface area contributed by atoms with Gasteiger partial charge in [0.1, 0.15) is 6.10 Å². The number of halogens is 1. The average Bonchev–Trinajstić information content (AvgIpc) is 3.20. The van der Waals surface area contributed by atoms with Crippen LogP contribution in [0.3, 0.4) is 0 Å². The summed E-state index contributed by atoms with van der Waals surface area (Å²) in [5, 5.41) is 0.725. The van der Waals surface area contributed by atoms with Crippen molar-refractivity contribution in [3.05, 3.63) is 45.1 Å². The number of nitrogens with zero attached hydrogens (tertiary/aromatic N) is 2. The first-order chi connectivity index (χ1) is 11.7. The molecule has 0 saturated carbocycles. The molecule has 1 saturated heterocycles. The summed E-state index contributed by atoms with van der Waals surface area (Å²) in [7, 11) is 0. The second kappa shape index (κ2) is 6.82. The molecular formula is C17H15BrN2O2S2. The van der Waals surface area contributed by atoms with Crippen LogP contribution < -0.4 is 4.74 Å². The zero-order valence-corrected chi connectivity index (χ0v) is 16.0. The second-order valence-electron chi connectivity index (χ2n) is 5.66. The Morgan fingerprint density at radius 2 is 1.96 bits per heavy atom. The fourth-order valence-corrected chi connectivity index (χ4v) is 5.04. The predicted octanol–water partition coefficient (Wildman–Crippen LogP) is 4.80. The van der Waals surface area contributed by atoms with Crippen LogP contribution in [-0.4, -0.2) is 35.0 Å². The average molecular weight is 423 g/mol. The van der Waals surface area contributed by atoms with Gasteiger partial charge in [-0.3, -0.25) is 4.79 Å². The molecule has 4 rings (SSSR count). The molecule has 1 aliphatic heterocycles. The van der Waals surface area contributed by atoms with Crippen LogP contribution in [0.25, 0.3) is 10.2 Å². The molecule has 0 aliphatic carbocycles. The van der Waals surface area contributed by atoms with Gasteiger partial charge in [-0.2, -0.15) is 0 Å². The number of fused-ring (bicyclic) bond motifs is 1. The lowest BCUT2D eigenvalue weighted by Gasteiger charge is -2.31. The molecule has 0 radical (unpaired) electrons. The van der Waals surface area contributed by atoms with Crippen molar-refractivity contribution in [3.8, 4) is 5.19 Å². The molecule has 1 amide bonds. The Bertz CT molecular complexity index is 835. The number of ether oxygens (including phenoxy) is 1. The van der Waals surface area contributed by atoms with Crippen molar-refractivity contribution in [1.82, 2.24) is 9.88 Å². The maximum Gasteiger partial charge on any atom is 0.274 e. The SMILES string of the molecule is O=C(c1ccc(Br)s1)N1CCC(Oc2nc3ccccc3s2)CC1. The number of piperidine rings is 1. The Morgan fingerprint density at radius 1 is 1.17 bits per heavy atom. The monoisotopic (exact) mass is 422 g/mol. The van der Waals surface area contributed by atoms with Crippen LogP contribution in [-0.2, 0) is 0 Å². The van der Waals surface area contributed by atoms with Gasteiger partial charge in [0.15, 0.2) is 0 Å². The molecule has 24 heavy (non-hydrogen) atoms. The van der Waals surface area contributed by atoms with Crippen molar-refractivity contribution in [3.63, 3.8) is 0 Å². The third-order valence-corrected chi connectivity index (χ3v) is 6.59. The highest BCUT2D eigenvalue weighted by molar-refractivity contribution is 9.11. The van der Waals surface area contributed by atoms with Crippen LogP contribution in [0.1, 0.15) is 22.5 Å². The van der Waals surface area contributed by atoms with Gasteiger partial charge in [0.05, 0.1) is 18.9 Å². The zero-order valence-electron chi connectivity index (χ0n) is 12.8. The molecule has 0 N–H and O–H groups in total. The number of aromatic nitrogens is 1. The third-order valence-electron chi connectivity index (χ3n) is 4.05. The standard InChI is InChI=1S/C17H15BrN2O2S2/c18-15-6-5-14(23-15)16(21)20-9-7-11(8-10-20)22-17-19-12-3-1-2-4-13(12)24-17/h1-6,11H,7-10H2. The van der Waals surface area contributed by atoms with Crippen LogP contribution in [0.2, 0.25) is 0 Å². The predicted molar refractivity (Wildman–Crippen MR) is 101 cm³/mol. The molecule has 1 fully saturated rings. The molecule has 1 aromatic carbocycles. The van der Waals surface area contributed by atoms with Crippen LogP contribution >= 0.6 is 38.6 Å². The van der Waals surface area contributed by atoms with Crippen LogP contribution in [0, 0.1) is 0 Å². The van der Waals surface area contributed by atoms with E-state index in [1.807, 2.05) is 35.2 Å². The molecule has 2 aromatic heterocycles. The summed E-state index contributed by atoms with van der Waals surface area (Å²) in [4.78, 5) is 19.7. The lowest BCUT2D eigenvalue weighted by Crippen LogP contribution is -2.41. The van der Waals surface area contributed by atoms with Crippen LogP contribution in [0.4, 0.5) is 0 Å². The maximum atomic E-state index is 12.5. The lowest BCUT2D eigenvalue weighted by atomic mass is 10.1. The Labute approximate surface area is 156 Å². The molecule has 0 bridgehead atoms. The topological polar surface area (TPSA) is 42.4 Å². The van der Waals surface area contributed by atoms with Crippen molar-refractivity contribution in [2.75, 3.05) is 13.1 Å². The lowest BCUT2D eigenvalue weighted by molar-refractivity contribution is 0.0600. The summed E-state index contributed by atoms with van der Waals surface area (Å²) in [5.41, 5.74) is 0.980. The highest BCUT2D eigenvalue weighted by atomic mass is 79.9. The summed E-state index contributed by atoms with van der Waals surface area (Å²) in [6.45, 7) is 1.45. The molecule has 0 unspecified atom stereocenters. The highest BCUT2D eigenvalue weighted by Gasteiger charge is 2.26. The highest BCUT2D eigenvalue weighted by Crippen LogP contribution is 2.30. The van der Waals surface area contributed by atoms with E-state index in [-0.39, 0.29) is 12.0 Å². The van der Waals surface area contributed by atoms with Crippen LogP contribution in [0.15, 0.2) is 40.2 Å². The maximum absolute atomic E-state index is 12.5. The fourth-order valence-electron chi connectivity index (χ4n) is 2.81. The number of rotatable bonds is 3. The molecule has 124 valence electrons. The van der Waals surface area contributed by atoms with E-state index in [1.165, 1.54) is 11.3 Å². The number of amides is 1. The van der Waals surface area contributed by atoms with Gasteiger partial charge in [-0.25, -0.2) is 4.98 Å². The van der Waals surface area contributed by atoms with Gasteiger partial charge in [-0.15, -0.1) is 11.3 Å². The number of thiophene rings is 1. The van der Waals surface area contributed by atoms with Gasteiger partial charge >= 0.3 is 0 Å². The second-order valence-corrected chi connectivity index (χ2v) is 9.12. The minimum Gasteiger partial charge on any atom is -0.467 e. The number of thiazole rings is 1. The van der Waals surface area contributed by atoms with Gasteiger partial charge in [0.25, 0.3) is 11.1 Å². The van der Waals surface area contributed by atoms with Gasteiger partial charge in [0.2, 0.25) is 0 Å². The zero-order chi connectivity index (χ0) is 16.5. The van der Waals surface area contributed by atoms with E-state index in [9.17, 15) is 4.79 Å². The minimum absolute atomic E-state index is 0.115. The number of hydrogen-bond acceptors (Lipinski definition) is 5. The number of para-hydroxylation sites is 1. The molecule has 0 atom stereocenters. The number of carbonyl (C=O) groups excluding carboxylic acids is 1. The minimum atomic E-state index is 0.115. The van der Waals surface area contributed by atoms with Crippen molar-refractivity contribution >= 4 is 54.7 Å².